The summed E-state index contributed by atoms with van der Waals surface area (Å²) in [4.78, 5) is 42.1. The van der Waals surface area contributed by atoms with Gasteiger partial charge in [0.15, 0.2) is 0 Å². The Hall–Kier alpha value is -2.73. The molecule has 3 aliphatic rings. The van der Waals surface area contributed by atoms with E-state index in [9.17, 15) is 24.6 Å². The number of aliphatic hydroxyl groups excluding tert-OH is 2. The van der Waals surface area contributed by atoms with E-state index in [1.807, 2.05) is 17.0 Å². The van der Waals surface area contributed by atoms with E-state index in [1.54, 1.807) is 33.1 Å². The zero-order valence-corrected chi connectivity index (χ0v) is 27.9. The number of rotatable bonds is 15. The Morgan fingerprint density at radius 2 is 1.65 bits per heavy atom. The molecular formula is C35H56N4O7. The van der Waals surface area contributed by atoms with Gasteiger partial charge in [0, 0.05) is 32.0 Å². The molecule has 0 aromatic heterocycles. The number of benzene rings is 1. The molecule has 3 amide bonds. The molecule has 5 N–H and O–H groups in total. The van der Waals surface area contributed by atoms with Crippen LogP contribution >= 0.6 is 0 Å². The second-order valence-corrected chi connectivity index (χ2v) is 13.7. The van der Waals surface area contributed by atoms with Crippen LogP contribution in [0.1, 0.15) is 70.8 Å². The van der Waals surface area contributed by atoms with Crippen LogP contribution in [0, 0.1) is 23.7 Å². The summed E-state index contributed by atoms with van der Waals surface area (Å²) in [6.45, 7) is 5.81. The van der Waals surface area contributed by atoms with Crippen LogP contribution in [-0.4, -0.2) is 104 Å². The Bertz CT molecular complexity index is 1110. The Labute approximate surface area is 274 Å². The number of fused-ring (bicyclic) bond motifs is 1. The number of carbonyl (C=O) groups excluding carboxylic acids is 3. The normalized spacial score (nSPS) is 25.2. The van der Waals surface area contributed by atoms with E-state index in [0.29, 0.717) is 56.2 Å². The Morgan fingerprint density at radius 1 is 0.957 bits per heavy atom. The van der Waals surface area contributed by atoms with Gasteiger partial charge in [-0.3, -0.25) is 19.3 Å². The molecule has 258 valence electrons. The van der Waals surface area contributed by atoms with Crippen molar-refractivity contribution in [3.63, 3.8) is 0 Å². The smallest absolute Gasteiger partial charge is 0.243 e. The summed E-state index contributed by atoms with van der Waals surface area (Å²) in [6.07, 6.45) is 8.33. The van der Waals surface area contributed by atoms with Crippen LogP contribution in [0.3, 0.4) is 0 Å². The number of hydrogen-bond acceptors (Lipinski definition) is 8. The largest absolute Gasteiger partial charge is 0.497 e. The van der Waals surface area contributed by atoms with Crippen molar-refractivity contribution in [1.29, 1.82) is 0 Å². The van der Waals surface area contributed by atoms with Gasteiger partial charge >= 0.3 is 0 Å². The fourth-order valence-electron chi connectivity index (χ4n) is 7.58. The SMILES string of the molecule is COc1ccc(C[C@H](NC(=O)[C@H](C)NC(=O)CN2CCOCC2)C(=O)N[C@@H](C[C@@H]2CCC[C@@H]3CCCC[C@H]32)[C@@H](O)[C@H](C)CO)cc1. The summed E-state index contributed by atoms with van der Waals surface area (Å²) in [6, 6.07) is 4.93. The van der Waals surface area contributed by atoms with E-state index in [0.717, 1.165) is 18.4 Å². The molecule has 4 rings (SSSR count). The predicted octanol–water partition coefficient (Wildman–Crippen LogP) is 2.03. The number of nitrogens with one attached hydrogen (secondary N) is 3. The number of hydrogen-bond donors (Lipinski definition) is 5. The average molecular weight is 645 g/mol. The molecule has 2 aliphatic carbocycles. The van der Waals surface area contributed by atoms with Gasteiger partial charge in [-0.25, -0.2) is 0 Å². The van der Waals surface area contributed by atoms with Crippen LogP contribution in [0.15, 0.2) is 24.3 Å². The van der Waals surface area contributed by atoms with E-state index in [4.69, 9.17) is 9.47 Å². The number of carbonyl (C=O) groups is 3. The number of amides is 3. The van der Waals surface area contributed by atoms with Gasteiger partial charge < -0.3 is 35.6 Å². The van der Waals surface area contributed by atoms with Gasteiger partial charge in [0.2, 0.25) is 17.7 Å². The van der Waals surface area contributed by atoms with Crippen molar-refractivity contribution < 1.29 is 34.1 Å². The van der Waals surface area contributed by atoms with Gasteiger partial charge in [-0.2, -0.15) is 0 Å². The van der Waals surface area contributed by atoms with Crippen molar-refractivity contribution in [3.8, 4) is 5.75 Å². The highest BCUT2D eigenvalue weighted by atomic mass is 16.5. The first-order valence-electron chi connectivity index (χ1n) is 17.3. The molecule has 1 heterocycles. The first-order chi connectivity index (χ1) is 22.2. The lowest BCUT2D eigenvalue weighted by Crippen LogP contribution is -2.58. The molecule has 8 atom stereocenters. The number of morpholine rings is 1. The second-order valence-electron chi connectivity index (χ2n) is 13.7. The van der Waals surface area contributed by atoms with E-state index in [-0.39, 0.29) is 25.5 Å². The van der Waals surface area contributed by atoms with Crippen LogP contribution in [0.4, 0.5) is 0 Å². The Morgan fingerprint density at radius 3 is 2.35 bits per heavy atom. The van der Waals surface area contributed by atoms with Crippen molar-refractivity contribution in [3.05, 3.63) is 29.8 Å². The zero-order chi connectivity index (χ0) is 33.1. The first kappa shape index (κ1) is 36.1. The van der Waals surface area contributed by atoms with Crippen molar-refractivity contribution >= 4 is 17.7 Å². The van der Waals surface area contributed by atoms with Crippen molar-refractivity contribution in [2.24, 2.45) is 23.7 Å². The zero-order valence-electron chi connectivity index (χ0n) is 27.9. The highest BCUT2D eigenvalue weighted by molar-refractivity contribution is 5.92. The topological polar surface area (TPSA) is 149 Å². The van der Waals surface area contributed by atoms with E-state index in [1.165, 1.54) is 32.1 Å². The van der Waals surface area contributed by atoms with Crippen LogP contribution in [0.2, 0.25) is 0 Å². The number of ether oxygens (including phenoxy) is 2. The minimum atomic E-state index is -0.951. The first-order valence-corrected chi connectivity index (χ1v) is 17.3. The average Bonchev–Trinajstić information content (AvgIpc) is 3.07. The van der Waals surface area contributed by atoms with E-state index < -0.39 is 42.0 Å². The Balaban J connectivity index is 1.47. The summed E-state index contributed by atoms with van der Waals surface area (Å²) in [5.41, 5.74) is 0.823. The van der Waals surface area contributed by atoms with Gasteiger partial charge in [-0.15, -0.1) is 0 Å². The second kappa shape index (κ2) is 18.0. The lowest BCUT2D eigenvalue weighted by molar-refractivity contribution is -0.133. The van der Waals surface area contributed by atoms with Gasteiger partial charge in [0.25, 0.3) is 0 Å². The predicted molar refractivity (Wildman–Crippen MR) is 175 cm³/mol. The summed E-state index contributed by atoms with van der Waals surface area (Å²) >= 11 is 0. The van der Waals surface area contributed by atoms with Crippen LogP contribution < -0.4 is 20.7 Å². The molecule has 11 heteroatoms. The minimum Gasteiger partial charge on any atom is -0.497 e. The molecule has 0 spiro atoms. The van der Waals surface area contributed by atoms with Crippen LogP contribution in [0.5, 0.6) is 5.75 Å². The molecule has 3 fully saturated rings. The van der Waals surface area contributed by atoms with Gasteiger partial charge in [0.05, 0.1) is 39.0 Å². The van der Waals surface area contributed by atoms with Crippen molar-refractivity contribution in [2.75, 3.05) is 46.6 Å². The molecule has 2 saturated carbocycles. The monoisotopic (exact) mass is 644 g/mol. The molecular weight excluding hydrogens is 588 g/mol. The molecule has 11 nitrogen and oxygen atoms in total. The highest BCUT2D eigenvalue weighted by Gasteiger charge is 2.39. The van der Waals surface area contributed by atoms with E-state index in [2.05, 4.69) is 16.0 Å². The molecule has 1 aromatic carbocycles. The number of methoxy groups -OCH3 is 1. The van der Waals surface area contributed by atoms with Gasteiger partial charge in [-0.1, -0.05) is 57.6 Å². The summed E-state index contributed by atoms with van der Waals surface area (Å²) < 4.78 is 10.6. The third kappa shape index (κ3) is 10.4. The van der Waals surface area contributed by atoms with Gasteiger partial charge in [0.1, 0.15) is 17.8 Å². The Kier molecular flexibility index (Phi) is 14.1. The third-order valence-electron chi connectivity index (χ3n) is 10.4. The third-order valence-corrected chi connectivity index (χ3v) is 10.4. The van der Waals surface area contributed by atoms with Crippen LogP contribution in [-0.2, 0) is 25.5 Å². The maximum Gasteiger partial charge on any atom is 0.243 e. The number of aliphatic hydroxyl groups is 2. The van der Waals surface area contributed by atoms with Gasteiger partial charge in [-0.05, 0) is 55.2 Å². The quantitative estimate of drug-likeness (QED) is 0.195. The maximum absolute atomic E-state index is 14.0. The van der Waals surface area contributed by atoms with E-state index >= 15 is 0 Å². The lowest BCUT2D eigenvalue weighted by Gasteiger charge is -2.43. The molecule has 1 aliphatic heterocycles. The molecule has 0 bridgehead atoms. The fraction of sp³-hybridized carbons (Fsp3) is 0.743. The summed E-state index contributed by atoms with van der Waals surface area (Å²) in [5.74, 6) is 0.806. The fourth-order valence-corrected chi connectivity index (χ4v) is 7.58. The maximum atomic E-state index is 14.0. The highest BCUT2D eigenvalue weighted by Crippen LogP contribution is 2.45. The molecule has 1 aromatic rings. The molecule has 0 unspecified atom stereocenters. The molecule has 1 saturated heterocycles. The minimum absolute atomic E-state index is 0.169. The van der Waals surface area contributed by atoms with Crippen molar-refractivity contribution in [2.45, 2.75) is 95.9 Å². The van der Waals surface area contributed by atoms with Crippen LogP contribution in [0.25, 0.3) is 0 Å². The molecule has 46 heavy (non-hydrogen) atoms. The standard InChI is InChI=1S/C35H56N4O7/c1-23(22-40)33(42)30(20-27-9-6-8-26-7-4-5-10-29(26)27)37-35(44)31(19-25-11-13-28(45-3)14-12-25)38-34(43)24(2)36-32(41)21-39-15-17-46-18-16-39/h11-14,23-24,26-27,29-31,33,40,42H,4-10,15-22H2,1-3H3,(H,36,41)(H,37,44)(H,38,43)/t23-,24+,26+,27+,29-,30+,31+,33+/m1/s1. The summed E-state index contributed by atoms with van der Waals surface area (Å²) in [5, 5.41) is 30.0. The van der Waals surface area contributed by atoms with Crippen molar-refractivity contribution in [1.82, 2.24) is 20.9 Å². The lowest BCUT2D eigenvalue weighted by atomic mass is 9.64. The summed E-state index contributed by atoms with van der Waals surface area (Å²) in [7, 11) is 1.58. The molecule has 0 radical (unpaired) electrons. The number of nitrogens with zero attached hydrogens (tertiary/aromatic N) is 1.